The van der Waals surface area contributed by atoms with Crippen LogP contribution in [0.1, 0.15) is 43.7 Å². The van der Waals surface area contributed by atoms with Gasteiger partial charge in [0.05, 0.1) is 11.9 Å². The van der Waals surface area contributed by atoms with Crippen molar-refractivity contribution in [3.63, 3.8) is 0 Å². The quantitative estimate of drug-likeness (QED) is 0.447. The standard InChI is InChI=1S/C22H31N7O2S/c1-15(2)18-14-25-29-20(18)26-22(31-17-9-7-11-23-13-17)27-21(29)24-12-16-8-5-6-10-19(16)28-32(3,4)30/h5-6,8,10,14-15,17,23H,3,7,9,11-13H2,1-2,4H3,(H,28,30)(H,24,26,27)/t17-,32?/m1/s1. The van der Waals surface area contributed by atoms with Crippen molar-refractivity contribution in [2.45, 2.75) is 45.3 Å². The fourth-order valence-corrected chi connectivity index (χ4v) is 4.36. The van der Waals surface area contributed by atoms with Crippen molar-refractivity contribution >= 4 is 32.9 Å². The lowest BCUT2D eigenvalue weighted by molar-refractivity contribution is 0.153. The maximum atomic E-state index is 12.2. The minimum absolute atomic E-state index is 0.0455. The normalized spacial score (nSPS) is 18.4. The van der Waals surface area contributed by atoms with Crippen LogP contribution in [0.3, 0.4) is 0 Å². The summed E-state index contributed by atoms with van der Waals surface area (Å²) in [5.41, 5.74) is 3.47. The molecule has 9 nitrogen and oxygen atoms in total. The first-order chi connectivity index (χ1) is 15.3. The maximum absolute atomic E-state index is 12.2. The third kappa shape index (κ3) is 5.31. The lowest BCUT2D eigenvalue weighted by Gasteiger charge is -2.23. The summed E-state index contributed by atoms with van der Waals surface area (Å²) >= 11 is 0. The third-order valence-electron chi connectivity index (χ3n) is 5.30. The Bertz CT molecular complexity index is 1180. The number of benzene rings is 1. The Morgan fingerprint density at radius 3 is 2.88 bits per heavy atom. The van der Waals surface area contributed by atoms with Gasteiger partial charge < -0.3 is 20.1 Å². The molecule has 1 aliphatic heterocycles. The molecule has 0 bridgehead atoms. The van der Waals surface area contributed by atoms with Gasteiger partial charge >= 0.3 is 6.01 Å². The third-order valence-corrected chi connectivity index (χ3v) is 5.95. The molecule has 0 radical (unpaired) electrons. The highest BCUT2D eigenvalue weighted by Crippen LogP contribution is 2.24. The van der Waals surface area contributed by atoms with Crippen molar-refractivity contribution in [1.29, 1.82) is 0 Å². The van der Waals surface area contributed by atoms with Crippen LogP contribution in [0.4, 0.5) is 11.6 Å². The molecule has 1 aliphatic rings. The molecular weight excluding hydrogens is 426 g/mol. The van der Waals surface area contributed by atoms with E-state index in [1.807, 2.05) is 30.5 Å². The zero-order valence-corrected chi connectivity index (χ0v) is 19.6. The number of piperidine rings is 1. The molecule has 3 heterocycles. The van der Waals surface area contributed by atoms with Crippen LogP contribution >= 0.6 is 0 Å². The monoisotopic (exact) mass is 457 g/mol. The molecule has 0 saturated carbocycles. The maximum Gasteiger partial charge on any atom is 0.322 e. The van der Waals surface area contributed by atoms with E-state index in [0.29, 0.717) is 18.5 Å². The highest BCUT2D eigenvalue weighted by Gasteiger charge is 2.20. The van der Waals surface area contributed by atoms with Gasteiger partial charge in [-0.05, 0) is 42.8 Å². The second-order valence-electron chi connectivity index (χ2n) is 8.52. The number of para-hydroxylation sites is 1. The van der Waals surface area contributed by atoms with E-state index in [9.17, 15) is 4.21 Å². The molecule has 0 aliphatic carbocycles. The van der Waals surface area contributed by atoms with Crippen LogP contribution in [0.15, 0.2) is 30.5 Å². The Labute approximate surface area is 189 Å². The summed E-state index contributed by atoms with van der Waals surface area (Å²) in [6, 6.07) is 8.03. The van der Waals surface area contributed by atoms with E-state index in [4.69, 9.17) is 4.74 Å². The Kier molecular flexibility index (Phi) is 6.52. The lowest BCUT2D eigenvalue weighted by atomic mass is 10.1. The first-order valence-corrected chi connectivity index (χ1v) is 13.0. The number of rotatable bonds is 8. The van der Waals surface area contributed by atoms with Gasteiger partial charge in [0.2, 0.25) is 5.95 Å². The fraction of sp³-hybridized carbons (Fsp3) is 0.455. The number of hydrogen-bond acceptors (Lipinski definition) is 7. The number of anilines is 2. The number of nitrogens with one attached hydrogen (secondary N) is 3. The van der Waals surface area contributed by atoms with Gasteiger partial charge in [-0.3, -0.25) is 0 Å². The molecule has 2 atom stereocenters. The first-order valence-electron chi connectivity index (χ1n) is 10.8. The first kappa shape index (κ1) is 22.3. The highest BCUT2D eigenvalue weighted by molar-refractivity contribution is 8.00. The van der Waals surface area contributed by atoms with E-state index >= 15 is 0 Å². The van der Waals surface area contributed by atoms with Gasteiger partial charge in [-0.25, -0.2) is 4.21 Å². The van der Waals surface area contributed by atoms with Gasteiger partial charge in [0.15, 0.2) is 5.65 Å². The van der Waals surface area contributed by atoms with Crippen molar-refractivity contribution < 1.29 is 8.95 Å². The minimum Gasteiger partial charge on any atom is -0.459 e. The van der Waals surface area contributed by atoms with Gasteiger partial charge in [-0.2, -0.15) is 19.6 Å². The molecule has 172 valence electrons. The van der Waals surface area contributed by atoms with Crippen LogP contribution in [0.2, 0.25) is 0 Å². The molecule has 10 heteroatoms. The van der Waals surface area contributed by atoms with Crippen molar-refractivity contribution in [2.75, 3.05) is 29.4 Å². The molecule has 1 unspecified atom stereocenters. The van der Waals surface area contributed by atoms with E-state index < -0.39 is 9.71 Å². The number of fused-ring (bicyclic) bond motifs is 1. The van der Waals surface area contributed by atoms with Gasteiger partial charge in [-0.15, -0.1) is 0 Å². The van der Waals surface area contributed by atoms with Crippen LogP contribution in [0.5, 0.6) is 6.01 Å². The van der Waals surface area contributed by atoms with E-state index in [1.54, 1.807) is 10.8 Å². The Morgan fingerprint density at radius 1 is 1.34 bits per heavy atom. The molecule has 1 saturated heterocycles. The van der Waals surface area contributed by atoms with E-state index in [-0.39, 0.29) is 12.0 Å². The summed E-state index contributed by atoms with van der Waals surface area (Å²) in [6.07, 6.45) is 5.49. The molecule has 0 amide bonds. The summed E-state index contributed by atoms with van der Waals surface area (Å²) in [7, 11) is -2.39. The van der Waals surface area contributed by atoms with Crippen LogP contribution in [0, 0.1) is 0 Å². The number of hydrogen-bond donors (Lipinski definition) is 3. The number of aromatic nitrogens is 4. The summed E-state index contributed by atoms with van der Waals surface area (Å²) in [5, 5.41) is 11.2. The topological polar surface area (TPSA) is 105 Å². The molecule has 0 spiro atoms. The number of nitrogens with zero attached hydrogens (tertiary/aromatic N) is 4. The average molecular weight is 458 g/mol. The van der Waals surface area contributed by atoms with Crippen molar-refractivity contribution in [3.05, 3.63) is 41.6 Å². The van der Waals surface area contributed by atoms with Crippen LogP contribution in [-0.2, 0) is 16.3 Å². The lowest BCUT2D eigenvalue weighted by Crippen LogP contribution is -2.37. The smallest absolute Gasteiger partial charge is 0.322 e. The molecule has 3 N–H and O–H groups in total. The molecule has 4 rings (SSSR count). The van der Waals surface area contributed by atoms with Crippen molar-refractivity contribution in [2.24, 2.45) is 0 Å². The van der Waals surface area contributed by atoms with Crippen LogP contribution < -0.4 is 20.1 Å². The summed E-state index contributed by atoms with van der Waals surface area (Å²) in [6.45, 7) is 6.47. The minimum atomic E-state index is -2.39. The molecule has 2 aromatic heterocycles. The average Bonchev–Trinajstić information content (AvgIpc) is 3.17. The SMILES string of the molecule is C=S(C)(=O)Nc1ccccc1CNc1nc(O[C@@H]2CCCNC2)nc2c(C(C)C)cnn12. The van der Waals surface area contributed by atoms with Gasteiger partial charge in [0.25, 0.3) is 0 Å². The van der Waals surface area contributed by atoms with Gasteiger partial charge in [0, 0.05) is 34.6 Å². The Hall–Kier alpha value is -2.85. The summed E-state index contributed by atoms with van der Waals surface area (Å²) in [5.74, 6) is 4.50. The van der Waals surface area contributed by atoms with Crippen LogP contribution in [0.25, 0.3) is 5.65 Å². The zero-order chi connectivity index (χ0) is 22.7. The zero-order valence-electron chi connectivity index (χ0n) is 18.8. The summed E-state index contributed by atoms with van der Waals surface area (Å²) in [4.78, 5) is 9.30. The Morgan fingerprint density at radius 2 is 2.16 bits per heavy atom. The predicted octanol–water partition coefficient (Wildman–Crippen LogP) is 2.66. The largest absolute Gasteiger partial charge is 0.459 e. The van der Waals surface area contributed by atoms with E-state index in [2.05, 4.69) is 50.1 Å². The molecule has 1 aromatic carbocycles. The second kappa shape index (κ2) is 9.33. The molecular formula is C22H31N7O2S. The predicted molar refractivity (Wildman–Crippen MR) is 130 cm³/mol. The second-order valence-corrected chi connectivity index (χ2v) is 10.7. The summed E-state index contributed by atoms with van der Waals surface area (Å²) < 4.78 is 23.0. The molecule has 32 heavy (non-hydrogen) atoms. The van der Waals surface area contributed by atoms with Gasteiger partial charge in [-0.1, -0.05) is 32.0 Å². The van der Waals surface area contributed by atoms with Crippen molar-refractivity contribution in [1.82, 2.24) is 24.9 Å². The van der Waals surface area contributed by atoms with Crippen LogP contribution in [-0.4, -0.2) is 55.1 Å². The fourth-order valence-electron chi connectivity index (χ4n) is 3.70. The van der Waals surface area contributed by atoms with E-state index in [1.165, 1.54) is 0 Å². The van der Waals surface area contributed by atoms with Gasteiger partial charge in [0.1, 0.15) is 6.10 Å². The van der Waals surface area contributed by atoms with E-state index in [0.717, 1.165) is 48.4 Å². The molecule has 1 fully saturated rings. The number of ether oxygens (including phenoxy) is 1. The molecule has 3 aromatic rings. The highest BCUT2D eigenvalue weighted by atomic mass is 32.2. The Balaban J connectivity index is 1.64. The van der Waals surface area contributed by atoms with Crippen molar-refractivity contribution in [3.8, 4) is 6.01 Å².